The molecule has 0 radical (unpaired) electrons. The molecular formula is C23H29N5OS. The summed E-state index contributed by atoms with van der Waals surface area (Å²) < 4.78 is 2.16. The summed E-state index contributed by atoms with van der Waals surface area (Å²) in [5.74, 6) is 0.568. The molecule has 1 amide bonds. The zero-order valence-electron chi connectivity index (χ0n) is 18.2. The highest BCUT2D eigenvalue weighted by Gasteiger charge is 2.50. The molecule has 2 atom stereocenters. The van der Waals surface area contributed by atoms with Gasteiger partial charge in [0.1, 0.15) is 5.52 Å². The van der Waals surface area contributed by atoms with Crippen LogP contribution in [0.3, 0.4) is 0 Å². The second kappa shape index (κ2) is 6.94. The van der Waals surface area contributed by atoms with Crippen molar-refractivity contribution in [1.82, 2.24) is 24.6 Å². The van der Waals surface area contributed by atoms with Gasteiger partial charge in [-0.15, -0.1) is 10.2 Å². The van der Waals surface area contributed by atoms with Crippen LogP contribution >= 0.6 is 11.8 Å². The van der Waals surface area contributed by atoms with E-state index in [0.717, 1.165) is 48.0 Å². The maximum atomic E-state index is 13.1. The third kappa shape index (κ3) is 3.27. The number of nitrogens with zero attached hydrogens (tertiary/aromatic N) is 5. The molecule has 2 aliphatic rings. The van der Waals surface area contributed by atoms with E-state index in [1.165, 1.54) is 18.2 Å². The Hall–Kier alpha value is -2.15. The molecule has 1 aromatic carbocycles. The number of rotatable bonds is 4. The van der Waals surface area contributed by atoms with Crippen molar-refractivity contribution in [3.05, 3.63) is 24.3 Å². The van der Waals surface area contributed by atoms with Crippen LogP contribution in [-0.2, 0) is 11.3 Å². The molecule has 30 heavy (non-hydrogen) atoms. The summed E-state index contributed by atoms with van der Waals surface area (Å²) in [5, 5.41) is 10.4. The van der Waals surface area contributed by atoms with Crippen molar-refractivity contribution in [3.8, 4) is 0 Å². The smallest absolute Gasteiger partial charge is 0.233 e. The Morgan fingerprint density at radius 2 is 2.00 bits per heavy atom. The zero-order chi connectivity index (χ0) is 21.1. The number of para-hydroxylation sites is 1. The number of amides is 1. The summed E-state index contributed by atoms with van der Waals surface area (Å²) in [6.07, 6.45) is 3.42. The molecule has 2 fully saturated rings. The van der Waals surface area contributed by atoms with E-state index in [1.807, 2.05) is 12.1 Å². The van der Waals surface area contributed by atoms with Gasteiger partial charge in [0, 0.05) is 24.5 Å². The Kier molecular flexibility index (Phi) is 4.58. The largest absolute Gasteiger partial charge is 0.338 e. The highest BCUT2D eigenvalue weighted by molar-refractivity contribution is 7.99. The predicted octanol–water partition coefficient (Wildman–Crippen LogP) is 4.52. The fourth-order valence-corrected chi connectivity index (χ4v) is 6.70. The molecule has 3 heterocycles. The van der Waals surface area contributed by atoms with Gasteiger partial charge in [0.25, 0.3) is 0 Å². The third-order valence-corrected chi connectivity index (χ3v) is 7.55. The molecule has 6 nitrogen and oxygen atoms in total. The molecule has 3 aromatic rings. The molecule has 158 valence electrons. The van der Waals surface area contributed by atoms with Crippen molar-refractivity contribution in [2.24, 2.45) is 10.8 Å². The van der Waals surface area contributed by atoms with Crippen molar-refractivity contribution in [1.29, 1.82) is 0 Å². The molecule has 1 aliphatic heterocycles. The average Bonchev–Trinajstić information content (AvgIpc) is 3.15. The number of thioether (sulfide) groups is 1. The van der Waals surface area contributed by atoms with E-state index < -0.39 is 0 Å². The van der Waals surface area contributed by atoms with Crippen LogP contribution in [0, 0.1) is 10.8 Å². The standard InChI is InChI=1S/C23H29N5OS/c1-5-27-17-9-7-6-8-16(17)19-20(27)24-21(26-25-19)30-12-18(29)28-14-23(4)11-15(28)10-22(2,3)13-23/h6-9,15H,5,10-14H2,1-4H3/t15-,23-/m0/s1. The molecule has 1 aliphatic carbocycles. The topological polar surface area (TPSA) is 63.9 Å². The van der Waals surface area contributed by atoms with Crippen molar-refractivity contribution < 1.29 is 4.79 Å². The second-order valence-corrected chi connectivity index (χ2v) is 11.0. The lowest BCUT2D eigenvalue weighted by molar-refractivity contribution is -0.129. The van der Waals surface area contributed by atoms with E-state index >= 15 is 0 Å². The molecule has 0 N–H and O–H groups in total. The van der Waals surface area contributed by atoms with Crippen LogP contribution in [0.4, 0.5) is 0 Å². The number of fused-ring (bicyclic) bond motifs is 5. The number of benzene rings is 1. The molecule has 0 spiro atoms. The Bertz CT molecular complexity index is 1140. The van der Waals surface area contributed by atoms with Gasteiger partial charge in [-0.05, 0) is 43.1 Å². The zero-order valence-corrected chi connectivity index (χ0v) is 19.0. The van der Waals surface area contributed by atoms with E-state index in [2.05, 4.69) is 59.5 Å². The van der Waals surface area contributed by atoms with Gasteiger partial charge in [-0.1, -0.05) is 50.7 Å². The van der Waals surface area contributed by atoms with Crippen LogP contribution in [0.1, 0.15) is 47.0 Å². The van der Waals surface area contributed by atoms with Gasteiger partial charge in [0.05, 0.1) is 11.3 Å². The molecule has 7 heteroatoms. The second-order valence-electron chi connectivity index (χ2n) is 10.1. The van der Waals surface area contributed by atoms with Gasteiger partial charge in [-0.3, -0.25) is 4.79 Å². The molecule has 2 bridgehead atoms. The third-order valence-electron chi connectivity index (χ3n) is 6.73. The average molecular weight is 424 g/mol. The maximum absolute atomic E-state index is 13.1. The first-order chi connectivity index (χ1) is 14.3. The van der Waals surface area contributed by atoms with Crippen LogP contribution in [-0.4, -0.2) is 48.9 Å². The number of hydrogen-bond donors (Lipinski definition) is 0. The fourth-order valence-electron chi connectivity index (χ4n) is 6.03. The van der Waals surface area contributed by atoms with Crippen molar-refractivity contribution in [2.45, 2.75) is 64.7 Å². The molecule has 1 saturated heterocycles. The SMILES string of the molecule is CCn1c2ccccc2c2nnc(SCC(=O)N3C[C@@]4(C)C[C@@H]3CC(C)(C)C4)nc21. The van der Waals surface area contributed by atoms with Crippen molar-refractivity contribution in [3.63, 3.8) is 0 Å². The summed E-state index contributed by atoms with van der Waals surface area (Å²) in [7, 11) is 0. The van der Waals surface area contributed by atoms with E-state index in [1.54, 1.807) is 0 Å². The number of carbonyl (C=O) groups excluding carboxylic acids is 1. The van der Waals surface area contributed by atoms with Gasteiger partial charge in [0.15, 0.2) is 5.65 Å². The lowest BCUT2D eigenvalue weighted by atomic mass is 9.65. The van der Waals surface area contributed by atoms with Gasteiger partial charge >= 0.3 is 0 Å². The van der Waals surface area contributed by atoms with Crippen LogP contribution < -0.4 is 0 Å². The molecule has 5 rings (SSSR count). The van der Waals surface area contributed by atoms with Gasteiger partial charge < -0.3 is 9.47 Å². The summed E-state index contributed by atoms with van der Waals surface area (Å²) >= 11 is 1.40. The molecular weight excluding hydrogens is 394 g/mol. The minimum absolute atomic E-state index is 0.200. The Balaban J connectivity index is 1.35. The Morgan fingerprint density at radius 3 is 2.80 bits per heavy atom. The summed E-state index contributed by atoms with van der Waals surface area (Å²) in [6, 6.07) is 8.56. The first-order valence-corrected chi connectivity index (χ1v) is 11.8. The van der Waals surface area contributed by atoms with Crippen molar-refractivity contribution in [2.75, 3.05) is 12.3 Å². The summed E-state index contributed by atoms with van der Waals surface area (Å²) in [6.45, 7) is 10.8. The van der Waals surface area contributed by atoms with Crippen LogP contribution in [0.2, 0.25) is 0 Å². The van der Waals surface area contributed by atoms with E-state index in [0.29, 0.717) is 22.4 Å². The summed E-state index contributed by atoms with van der Waals surface area (Å²) in [5.41, 5.74) is 3.36. The van der Waals surface area contributed by atoms with E-state index in [4.69, 9.17) is 4.98 Å². The minimum atomic E-state index is 0.200. The molecule has 2 aromatic heterocycles. The lowest BCUT2D eigenvalue weighted by Gasteiger charge is -2.39. The van der Waals surface area contributed by atoms with Crippen LogP contribution in [0.15, 0.2) is 29.4 Å². The summed E-state index contributed by atoms with van der Waals surface area (Å²) in [4.78, 5) is 20.0. The fraction of sp³-hybridized carbons (Fsp3) is 0.565. The normalized spacial score (nSPS) is 25.3. The number of hydrogen-bond acceptors (Lipinski definition) is 5. The highest BCUT2D eigenvalue weighted by Crippen LogP contribution is 2.52. The quantitative estimate of drug-likeness (QED) is 0.578. The van der Waals surface area contributed by atoms with Crippen LogP contribution in [0.25, 0.3) is 22.1 Å². The van der Waals surface area contributed by atoms with Gasteiger partial charge in [-0.25, -0.2) is 4.98 Å². The highest BCUT2D eigenvalue weighted by atomic mass is 32.2. The van der Waals surface area contributed by atoms with Gasteiger partial charge in [0.2, 0.25) is 11.1 Å². The lowest BCUT2D eigenvalue weighted by Crippen LogP contribution is -2.38. The Labute approximate surface area is 181 Å². The number of aromatic nitrogens is 4. The van der Waals surface area contributed by atoms with E-state index in [9.17, 15) is 4.79 Å². The van der Waals surface area contributed by atoms with E-state index in [-0.39, 0.29) is 11.3 Å². The number of aryl methyl sites for hydroxylation is 1. The predicted molar refractivity (Wildman–Crippen MR) is 120 cm³/mol. The molecule has 0 unspecified atom stereocenters. The Morgan fingerprint density at radius 1 is 1.20 bits per heavy atom. The monoisotopic (exact) mass is 423 g/mol. The number of carbonyl (C=O) groups is 1. The van der Waals surface area contributed by atoms with Gasteiger partial charge in [-0.2, -0.15) is 0 Å². The molecule has 1 saturated carbocycles. The van der Waals surface area contributed by atoms with Crippen LogP contribution in [0.5, 0.6) is 0 Å². The van der Waals surface area contributed by atoms with Crippen molar-refractivity contribution >= 4 is 39.7 Å². The number of likely N-dealkylation sites (tertiary alicyclic amines) is 1. The first-order valence-electron chi connectivity index (χ1n) is 10.8. The first kappa shape index (κ1) is 19.8. The maximum Gasteiger partial charge on any atom is 0.233 e. The minimum Gasteiger partial charge on any atom is -0.338 e.